The van der Waals surface area contributed by atoms with E-state index in [-0.39, 0.29) is 36.8 Å². The van der Waals surface area contributed by atoms with Crippen LogP contribution in [-0.4, -0.2) is 94.9 Å². The summed E-state index contributed by atoms with van der Waals surface area (Å²) in [6.45, 7) is 3.69. The number of likely N-dealkylation sites (N-methyl/N-ethyl adjacent to an activating group) is 1. The Balaban J connectivity index is -0.000000448. The molecule has 9 nitrogen and oxygen atoms in total. The summed E-state index contributed by atoms with van der Waals surface area (Å²) in [5.74, 6) is -2.06. The van der Waals surface area contributed by atoms with Crippen molar-refractivity contribution in [1.82, 2.24) is 9.80 Å². The first-order valence-corrected chi connectivity index (χ1v) is 8.34. The Kier molecular flexibility index (Phi) is 23.7. The van der Waals surface area contributed by atoms with Crippen LogP contribution in [0.2, 0.25) is 0 Å². The van der Waals surface area contributed by atoms with E-state index in [1.807, 2.05) is 42.2 Å². The molecular formula is C18H30FeN2O7+2. The number of aliphatic hydroxyl groups is 2. The van der Waals surface area contributed by atoms with Crippen molar-refractivity contribution in [3.8, 4) is 0 Å². The van der Waals surface area contributed by atoms with E-state index >= 15 is 0 Å². The van der Waals surface area contributed by atoms with Gasteiger partial charge < -0.3 is 25.2 Å². The van der Waals surface area contributed by atoms with E-state index in [4.69, 9.17) is 20.4 Å². The van der Waals surface area contributed by atoms with E-state index in [0.29, 0.717) is 19.6 Å². The third-order valence-corrected chi connectivity index (χ3v) is 3.16. The van der Waals surface area contributed by atoms with Crippen LogP contribution in [-0.2, 0) is 38.0 Å². The number of rotatable bonds is 11. The molecule has 0 aliphatic heterocycles. The Morgan fingerprint density at radius 1 is 1.00 bits per heavy atom. The molecule has 0 aliphatic carbocycles. The van der Waals surface area contributed by atoms with Gasteiger partial charge in [0.05, 0.1) is 26.2 Å². The molecule has 0 bridgehead atoms. The van der Waals surface area contributed by atoms with Gasteiger partial charge in [0.25, 0.3) is 0 Å². The summed E-state index contributed by atoms with van der Waals surface area (Å²) in [5.41, 5.74) is 0.894. The van der Waals surface area contributed by atoms with Gasteiger partial charge in [-0.2, -0.15) is 0 Å². The molecule has 0 aliphatic rings. The van der Waals surface area contributed by atoms with E-state index in [1.54, 1.807) is 0 Å². The monoisotopic (exact) mass is 442 g/mol. The van der Waals surface area contributed by atoms with Crippen LogP contribution in [0.15, 0.2) is 30.3 Å². The van der Waals surface area contributed by atoms with Crippen molar-refractivity contribution in [2.75, 3.05) is 46.4 Å². The van der Waals surface area contributed by atoms with E-state index in [1.165, 1.54) is 4.90 Å². The van der Waals surface area contributed by atoms with Crippen molar-refractivity contribution in [3.05, 3.63) is 35.9 Å². The van der Waals surface area contributed by atoms with Gasteiger partial charge in [0.15, 0.2) is 0 Å². The molecule has 0 atom stereocenters. The summed E-state index contributed by atoms with van der Waals surface area (Å²) in [6, 6.07) is 9.17. The maximum absolute atomic E-state index is 10.5. The SMILES string of the molecule is CCN(CC=O)CCO.CO.O=C(O)CN(CC(=O)O)Cc1ccccc1.[Fe+2]. The predicted octanol–water partition coefficient (Wildman–Crippen LogP) is -0.237. The van der Waals surface area contributed by atoms with Gasteiger partial charge in [-0.3, -0.25) is 19.4 Å². The third-order valence-electron chi connectivity index (χ3n) is 3.16. The maximum Gasteiger partial charge on any atom is 2.00 e. The van der Waals surface area contributed by atoms with E-state index < -0.39 is 11.9 Å². The fourth-order valence-electron chi connectivity index (χ4n) is 2.02. The van der Waals surface area contributed by atoms with Gasteiger partial charge >= 0.3 is 29.0 Å². The molecule has 160 valence electrons. The second-order valence-electron chi connectivity index (χ2n) is 5.20. The van der Waals surface area contributed by atoms with E-state index in [9.17, 15) is 14.4 Å². The first kappa shape index (κ1) is 30.9. The van der Waals surface area contributed by atoms with Gasteiger partial charge in [0, 0.05) is 20.2 Å². The van der Waals surface area contributed by atoms with Gasteiger partial charge in [-0.05, 0) is 12.1 Å². The third kappa shape index (κ3) is 19.0. The molecule has 0 saturated heterocycles. The van der Waals surface area contributed by atoms with Crippen molar-refractivity contribution < 1.29 is 51.9 Å². The summed E-state index contributed by atoms with van der Waals surface area (Å²) < 4.78 is 0. The molecule has 0 amide bonds. The number of aliphatic carboxylic acids is 2. The zero-order chi connectivity index (χ0) is 21.1. The second-order valence-corrected chi connectivity index (χ2v) is 5.20. The topological polar surface area (TPSA) is 139 Å². The smallest absolute Gasteiger partial charge is 0.480 e. The quantitative estimate of drug-likeness (QED) is 0.270. The summed E-state index contributed by atoms with van der Waals surface area (Å²) in [7, 11) is 1.00. The van der Waals surface area contributed by atoms with Crippen LogP contribution >= 0.6 is 0 Å². The normalized spacial score (nSPS) is 9.36. The van der Waals surface area contributed by atoms with Crippen molar-refractivity contribution in [1.29, 1.82) is 0 Å². The first-order chi connectivity index (χ1) is 12.9. The first-order valence-electron chi connectivity index (χ1n) is 8.34. The van der Waals surface area contributed by atoms with Crippen LogP contribution in [0.25, 0.3) is 0 Å². The van der Waals surface area contributed by atoms with Crippen LogP contribution in [0.5, 0.6) is 0 Å². The molecule has 0 spiro atoms. The van der Waals surface area contributed by atoms with Crippen molar-refractivity contribution >= 4 is 18.2 Å². The van der Waals surface area contributed by atoms with Crippen molar-refractivity contribution in [3.63, 3.8) is 0 Å². The molecule has 0 saturated carbocycles. The number of hydrogen-bond donors (Lipinski definition) is 4. The Morgan fingerprint density at radius 3 is 1.86 bits per heavy atom. The minimum Gasteiger partial charge on any atom is -0.480 e. The van der Waals surface area contributed by atoms with Crippen molar-refractivity contribution in [2.24, 2.45) is 0 Å². The van der Waals surface area contributed by atoms with Gasteiger partial charge in [-0.25, -0.2) is 0 Å². The molecule has 0 heterocycles. The van der Waals surface area contributed by atoms with Crippen LogP contribution < -0.4 is 0 Å². The van der Waals surface area contributed by atoms with Gasteiger partial charge in [0.2, 0.25) is 0 Å². The van der Waals surface area contributed by atoms with Crippen LogP contribution in [0.3, 0.4) is 0 Å². The van der Waals surface area contributed by atoms with Crippen LogP contribution in [0.4, 0.5) is 0 Å². The fraction of sp³-hybridized carbons (Fsp3) is 0.500. The van der Waals surface area contributed by atoms with Crippen LogP contribution in [0, 0.1) is 0 Å². The molecule has 0 radical (unpaired) electrons. The zero-order valence-corrected chi connectivity index (χ0v) is 17.3. The number of aliphatic hydroxyl groups excluding tert-OH is 2. The molecule has 4 N–H and O–H groups in total. The molecular weight excluding hydrogens is 412 g/mol. The number of aldehydes is 1. The zero-order valence-electron chi connectivity index (χ0n) is 16.2. The fourth-order valence-corrected chi connectivity index (χ4v) is 2.02. The Labute approximate surface area is 176 Å². The molecule has 28 heavy (non-hydrogen) atoms. The molecule has 1 rings (SSSR count). The average Bonchev–Trinajstić information content (AvgIpc) is 2.63. The van der Waals surface area contributed by atoms with Gasteiger partial charge in [-0.15, -0.1) is 0 Å². The largest absolute Gasteiger partial charge is 2.00 e. The summed E-state index contributed by atoms with van der Waals surface area (Å²) in [5, 5.41) is 32.7. The molecule has 1 aromatic rings. The number of nitrogens with zero attached hydrogens (tertiary/aromatic N) is 2. The van der Waals surface area contributed by atoms with Crippen molar-refractivity contribution in [2.45, 2.75) is 13.5 Å². The number of carbonyl (C=O) groups is 3. The number of hydrogen-bond acceptors (Lipinski definition) is 7. The Bertz CT molecular complexity index is 502. The molecule has 0 unspecified atom stereocenters. The number of carboxylic acid groups (broad SMARTS) is 2. The standard InChI is InChI=1S/C11H13NO4.C6H13NO2.CH4O.Fe/c13-10(14)7-12(8-11(15)16)6-9-4-2-1-3-5-9;1-2-7(3-5-8)4-6-9;1-2;/h1-5H,6-8H2,(H,13,14)(H,15,16);5,9H,2-4,6H2,1H3;2H,1H3;/q;;;+2. The number of carboxylic acids is 2. The Hall–Kier alpha value is -1.81. The second kappa shape index (κ2) is 21.5. The molecule has 1 aromatic carbocycles. The molecule has 10 heteroatoms. The minimum absolute atomic E-state index is 0. The van der Waals surface area contributed by atoms with E-state index in [0.717, 1.165) is 25.5 Å². The molecule has 0 aromatic heterocycles. The molecule has 0 fully saturated rings. The Morgan fingerprint density at radius 2 is 1.50 bits per heavy atom. The minimum atomic E-state index is -1.03. The van der Waals surface area contributed by atoms with Gasteiger partial charge in [0.1, 0.15) is 6.29 Å². The summed E-state index contributed by atoms with van der Waals surface area (Å²) >= 11 is 0. The van der Waals surface area contributed by atoms with Crippen LogP contribution in [0.1, 0.15) is 12.5 Å². The summed E-state index contributed by atoms with van der Waals surface area (Å²) in [4.78, 5) is 34.2. The summed E-state index contributed by atoms with van der Waals surface area (Å²) in [6.07, 6.45) is 0.846. The predicted molar refractivity (Wildman–Crippen MR) is 100 cm³/mol. The number of benzene rings is 1. The number of carbonyl (C=O) groups excluding carboxylic acids is 1. The van der Waals surface area contributed by atoms with E-state index in [2.05, 4.69) is 0 Å². The maximum atomic E-state index is 10.5. The van der Waals surface area contributed by atoms with Gasteiger partial charge in [-0.1, -0.05) is 37.3 Å². The average molecular weight is 442 g/mol.